The number of hydrogen-bond acceptors (Lipinski definition) is 7. The summed E-state index contributed by atoms with van der Waals surface area (Å²) in [7, 11) is 4.28. The van der Waals surface area contributed by atoms with Gasteiger partial charge < -0.3 is 29.7 Å². The summed E-state index contributed by atoms with van der Waals surface area (Å²) in [6.07, 6.45) is 6.87. The van der Waals surface area contributed by atoms with E-state index in [0.717, 1.165) is 81.9 Å². The van der Waals surface area contributed by atoms with Crippen molar-refractivity contribution in [1.82, 2.24) is 20.1 Å². The van der Waals surface area contributed by atoms with Crippen molar-refractivity contribution in [2.24, 2.45) is 5.92 Å². The summed E-state index contributed by atoms with van der Waals surface area (Å²) in [5, 5.41) is 3.18. The van der Waals surface area contributed by atoms with E-state index in [2.05, 4.69) is 52.8 Å². The minimum Gasteiger partial charge on any atom is -0.381 e. The normalized spacial score (nSPS) is 19.6. The Kier molecular flexibility index (Phi) is 9.69. The van der Waals surface area contributed by atoms with Gasteiger partial charge >= 0.3 is 0 Å². The second-order valence-corrected chi connectivity index (χ2v) is 11.7. The second-order valence-electron chi connectivity index (χ2n) is 11.7. The largest absolute Gasteiger partial charge is 0.381 e. The number of pyridine rings is 1. The lowest BCUT2D eigenvalue weighted by atomic mass is 9.96. The number of amides is 2. The van der Waals surface area contributed by atoms with Gasteiger partial charge in [0.1, 0.15) is 5.82 Å². The summed E-state index contributed by atoms with van der Waals surface area (Å²) in [6, 6.07) is 9.86. The first-order valence-electron chi connectivity index (χ1n) is 15.0. The van der Waals surface area contributed by atoms with E-state index in [0.29, 0.717) is 36.9 Å². The Bertz CT molecular complexity index is 1200. The topological polar surface area (TPSA) is 81.3 Å². The van der Waals surface area contributed by atoms with E-state index in [1.165, 1.54) is 6.08 Å². The van der Waals surface area contributed by atoms with Crippen LogP contribution in [0.5, 0.6) is 0 Å². The van der Waals surface area contributed by atoms with Crippen molar-refractivity contribution in [3.63, 3.8) is 0 Å². The molecule has 2 aromatic rings. The molecule has 5 rings (SSSR count). The van der Waals surface area contributed by atoms with Crippen LogP contribution in [-0.2, 0) is 9.53 Å². The Balaban J connectivity index is 1.43. The van der Waals surface area contributed by atoms with Crippen LogP contribution in [0.15, 0.2) is 49.2 Å². The van der Waals surface area contributed by atoms with E-state index in [-0.39, 0.29) is 17.9 Å². The highest BCUT2D eigenvalue weighted by Crippen LogP contribution is 2.31. The van der Waals surface area contributed by atoms with Crippen molar-refractivity contribution in [2.45, 2.75) is 31.7 Å². The lowest BCUT2D eigenvalue weighted by molar-refractivity contribution is -0.115. The molecule has 0 bridgehead atoms. The van der Waals surface area contributed by atoms with Gasteiger partial charge in [-0.2, -0.15) is 0 Å². The number of piperazine rings is 1. The first-order valence-corrected chi connectivity index (χ1v) is 15.0. The smallest absolute Gasteiger partial charge is 0.251 e. The van der Waals surface area contributed by atoms with Crippen molar-refractivity contribution in [2.75, 3.05) is 82.9 Å². The summed E-state index contributed by atoms with van der Waals surface area (Å²) >= 11 is 0. The molecule has 1 aromatic heterocycles. The molecule has 3 aliphatic rings. The van der Waals surface area contributed by atoms with Crippen LogP contribution in [-0.4, -0.2) is 106 Å². The van der Waals surface area contributed by atoms with Crippen molar-refractivity contribution in [3.05, 3.63) is 54.7 Å². The third kappa shape index (κ3) is 7.33. The number of anilines is 2. The Morgan fingerprint density at radius 1 is 0.976 bits per heavy atom. The standard InChI is InChI=1S/C32H44N6O3/c1-4-31(39)38(28-9-17-41-18-10-28)29-20-26(25-5-6-30(33-23-25)37-15-13-36(3)14-16-37)19-27(21-29)32(40)34-22-24-7-11-35(2)12-8-24/h4-6,19-21,23-24,28H,1,7-18,22H2,2-3H3,(H,34,40). The van der Waals surface area contributed by atoms with Gasteiger partial charge in [0.15, 0.2) is 0 Å². The summed E-state index contributed by atoms with van der Waals surface area (Å²) in [5.41, 5.74) is 3.01. The predicted octanol–water partition coefficient (Wildman–Crippen LogP) is 3.27. The van der Waals surface area contributed by atoms with E-state index in [1.54, 1.807) is 4.90 Å². The van der Waals surface area contributed by atoms with Crippen molar-refractivity contribution < 1.29 is 14.3 Å². The molecule has 3 saturated heterocycles. The quantitative estimate of drug-likeness (QED) is 0.497. The van der Waals surface area contributed by atoms with E-state index in [4.69, 9.17) is 9.72 Å². The predicted molar refractivity (Wildman–Crippen MR) is 163 cm³/mol. The highest BCUT2D eigenvalue weighted by Gasteiger charge is 2.27. The molecular weight excluding hydrogens is 516 g/mol. The summed E-state index contributed by atoms with van der Waals surface area (Å²) < 4.78 is 5.57. The number of hydrogen-bond donors (Lipinski definition) is 1. The average Bonchev–Trinajstić information content (AvgIpc) is 3.01. The number of aromatic nitrogens is 1. The van der Waals surface area contributed by atoms with Crippen LogP contribution in [0.3, 0.4) is 0 Å². The second kappa shape index (κ2) is 13.6. The fraction of sp³-hybridized carbons (Fsp3) is 0.531. The molecule has 0 saturated carbocycles. The van der Waals surface area contributed by atoms with Crippen molar-refractivity contribution in [3.8, 4) is 11.1 Å². The van der Waals surface area contributed by atoms with Gasteiger partial charge in [0.05, 0.1) is 0 Å². The number of piperidine rings is 1. The number of ether oxygens (including phenoxy) is 1. The van der Waals surface area contributed by atoms with Crippen LogP contribution < -0.4 is 15.1 Å². The molecule has 3 aliphatic heterocycles. The number of nitrogens with zero attached hydrogens (tertiary/aromatic N) is 5. The number of nitrogens with one attached hydrogen (secondary N) is 1. The van der Waals surface area contributed by atoms with Crippen LogP contribution in [0.4, 0.5) is 11.5 Å². The first-order chi connectivity index (χ1) is 19.9. The van der Waals surface area contributed by atoms with Crippen LogP contribution in [0, 0.1) is 5.92 Å². The van der Waals surface area contributed by atoms with Crippen LogP contribution in [0.1, 0.15) is 36.0 Å². The van der Waals surface area contributed by atoms with E-state index in [9.17, 15) is 9.59 Å². The zero-order valence-electron chi connectivity index (χ0n) is 24.6. The molecular formula is C32H44N6O3. The lowest BCUT2D eigenvalue weighted by Crippen LogP contribution is -2.44. The molecule has 1 N–H and O–H groups in total. The highest BCUT2D eigenvalue weighted by molar-refractivity contribution is 6.04. The molecule has 0 radical (unpaired) electrons. The summed E-state index contributed by atoms with van der Waals surface area (Å²) in [6.45, 7) is 11.7. The Hall–Kier alpha value is -3.27. The lowest BCUT2D eigenvalue weighted by Gasteiger charge is -2.34. The number of carbonyl (C=O) groups is 2. The molecule has 2 amide bonds. The number of carbonyl (C=O) groups excluding carboxylic acids is 2. The molecule has 4 heterocycles. The van der Waals surface area contributed by atoms with Crippen molar-refractivity contribution in [1.29, 1.82) is 0 Å². The fourth-order valence-electron chi connectivity index (χ4n) is 5.99. The van der Waals surface area contributed by atoms with E-state index < -0.39 is 0 Å². The zero-order chi connectivity index (χ0) is 28.8. The maximum absolute atomic E-state index is 13.5. The number of likely N-dealkylation sites (N-methyl/N-ethyl adjacent to an activating group) is 1. The van der Waals surface area contributed by atoms with Gasteiger partial charge in [-0.05, 0) is 101 Å². The molecule has 9 nitrogen and oxygen atoms in total. The molecule has 220 valence electrons. The minimum absolute atomic E-state index is 0.0163. The van der Waals surface area contributed by atoms with Crippen LogP contribution in [0.2, 0.25) is 0 Å². The molecule has 1 aromatic carbocycles. The minimum atomic E-state index is -0.171. The van der Waals surface area contributed by atoms with Gasteiger partial charge in [-0.25, -0.2) is 4.98 Å². The summed E-state index contributed by atoms with van der Waals surface area (Å²) in [4.78, 5) is 40.2. The molecule has 0 aliphatic carbocycles. The highest BCUT2D eigenvalue weighted by atomic mass is 16.5. The fourth-order valence-corrected chi connectivity index (χ4v) is 5.99. The van der Waals surface area contributed by atoms with Crippen LogP contribution >= 0.6 is 0 Å². The average molecular weight is 561 g/mol. The van der Waals surface area contributed by atoms with Gasteiger partial charge in [0.2, 0.25) is 0 Å². The summed E-state index contributed by atoms with van der Waals surface area (Å²) in [5.74, 6) is 1.15. The first kappa shape index (κ1) is 29.2. The maximum Gasteiger partial charge on any atom is 0.251 e. The Labute approximate surface area is 244 Å². The maximum atomic E-state index is 13.5. The Morgan fingerprint density at radius 2 is 1.68 bits per heavy atom. The van der Waals surface area contributed by atoms with Crippen molar-refractivity contribution >= 4 is 23.3 Å². The third-order valence-electron chi connectivity index (χ3n) is 8.72. The molecule has 0 unspecified atom stereocenters. The molecule has 0 atom stereocenters. The molecule has 0 spiro atoms. The Morgan fingerprint density at radius 3 is 2.34 bits per heavy atom. The number of rotatable bonds is 8. The third-order valence-corrected chi connectivity index (χ3v) is 8.72. The molecule has 41 heavy (non-hydrogen) atoms. The molecule has 3 fully saturated rings. The van der Waals surface area contributed by atoms with Gasteiger partial charge in [0.25, 0.3) is 11.8 Å². The van der Waals surface area contributed by atoms with Gasteiger partial charge in [0, 0.05) is 75.0 Å². The SMILES string of the molecule is C=CC(=O)N(c1cc(C(=O)NCC2CCN(C)CC2)cc(-c2ccc(N3CCN(C)CC3)nc2)c1)C1CCOCC1. The van der Waals surface area contributed by atoms with Gasteiger partial charge in [-0.15, -0.1) is 0 Å². The van der Waals surface area contributed by atoms with Gasteiger partial charge in [-0.1, -0.05) is 6.58 Å². The van der Waals surface area contributed by atoms with Gasteiger partial charge in [-0.3, -0.25) is 9.59 Å². The zero-order valence-corrected chi connectivity index (χ0v) is 24.6. The molecule has 9 heteroatoms. The van der Waals surface area contributed by atoms with E-state index in [1.807, 2.05) is 24.4 Å². The monoisotopic (exact) mass is 560 g/mol. The number of likely N-dealkylation sites (tertiary alicyclic amines) is 1. The number of benzene rings is 1. The van der Waals surface area contributed by atoms with E-state index >= 15 is 0 Å². The van der Waals surface area contributed by atoms with Crippen LogP contribution in [0.25, 0.3) is 11.1 Å².